The van der Waals surface area contributed by atoms with Gasteiger partial charge in [0.15, 0.2) is 0 Å². The van der Waals surface area contributed by atoms with Gasteiger partial charge >= 0.3 is 0 Å². The van der Waals surface area contributed by atoms with Crippen LogP contribution in [0.3, 0.4) is 0 Å². The van der Waals surface area contributed by atoms with Crippen LogP contribution in [0.5, 0.6) is 0 Å². The lowest BCUT2D eigenvalue weighted by Gasteiger charge is -2.39. The maximum atomic E-state index is 9.91. The van der Waals surface area contributed by atoms with Crippen molar-refractivity contribution in [2.45, 2.75) is 51.2 Å². The fourth-order valence-electron chi connectivity index (χ4n) is 4.62. The molecule has 80 valence electrons. The summed E-state index contributed by atoms with van der Waals surface area (Å²) in [7, 11) is 0. The van der Waals surface area contributed by atoms with Crippen molar-refractivity contribution in [1.29, 1.82) is 0 Å². The lowest BCUT2D eigenvalue weighted by atomic mass is 9.68. The van der Waals surface area contributed by atoms with Crippen LogP contribution in [0.15, 0.2) is 0 Å². The van der Waals surface area contributed by atoms with E-state index in [1.807, 2.05) is 0 Å². The van der Waals surface area contributed by atoms with Crippen LogP contribution in [0.4, 0.5) is 0 Å². The van der Waals surface area contributed by atoms with Gasteiger partial charge in [0.25, 0.3) is 0 Å². The molecular formula is C12H21NO. The molecule has 3 saturated carbocycles. The normalized spacial score (nSPS) is 61.5. The molecule has 3 N–H and O–H groups in total. The third-order valence-electron chi connectivity index (χ3n) is 5.41. The minimum absolute atomic E-state index is 0.0830. The van der Waals surface area contributed by atoms with Crippen molar-refractivity contribution >= 4 is 0 Å². The number of nitrogens with two attached hydrogens (primary N) is 1. The van der Waals surface area contributed by atoms with E-state index < -0.39 is 0 Å². The zero-order valence-electron chi connectivity index (χ0n) is 8.95. The summed E-state index contributed by atoms with van der Waals surface area (Å²) in [4.78, 5) is 0. The summed E-state index contributed by atoms with van der Waals surface area (Å²) in [5.41, 5.74) is 6.71. The van der Waals surface area contributed by atoms with Crippen molar-refractivity contribution in [2.75, 3.05) is 0 Å². The largest absolute Gasteiger partial charge is 0.393 e. The summed E-state index contributed by atoms with van der Waals surface area (Å²) < 4.78 is 0. The molecule has 0 heterocycles. The van der Waals surface area contributed by atoms with Gasteiger partial charge in [-0.1, -0.05) is 6.92 Å². The topological polar surface area (TPSA) is 46.2 Å². The Balaban J connectivity index is 1.91. The molecule has 0 radical (unpaired) electrons. The van der Waals surface area contributed by atoms with Gasteiger partial charge in [0.05, 0.1) is 6.10 Å². The number of hydrogen-bond donors (Lipinski definition) is 2. The predicted octanol–water partition coefficient (Wildman–Crippen LogP) is 1.52. The van der Waals surface area contributed by atoms with Gasteiger partial charge in [0.2, 0.25) is 0 Å². The highest BCUT2D eigenvalue weighted by molar-refractivity contribution is 5.12. The van der Waals surface area contributed by atoms with Crippen molar-refractivity contribution < 1.29 is 5.11 Å². The number of aliphatic hydroxyl groups excluding tert-OH is 1. The minimum atomic E-state index is -0.0830. The Morgan fingerprint density at radius 2 is 2.07 bits per heavy atom. The molecule has 2 nitrogen and oxygen atoms in total. The fourth-order valence-corrected chi connectivity index (χ4v) is 4.62. The van der Waals surface area contributed by atoms with Gasteiger partial charge < -0.3 is 10.8 Å². The Hall–Kier alpha value is -0.0800. The summed E-state index contributed by atoms with van der Waals surface area (Å²) in [5, 5.41) is 9.91. The van der Waals surface area contributed by atoms with Crippen molar-refractivity contribution in [1.82, 2.24) is 0 Å². The first-order valence-corrected chi connectivity index (χ1v) is 6.07. The average Bonchev–Trinajstić information content (AvgIpc) is 2.76. The number of hydrogen-bond acceptors (Lipinski definition) is 2. The van der Waals surface area contributed by atoms with E-state index in [1.54, 1.807) is 0 Å². The predicted molar refractivity (Wildman–Crippen MR) is 55.6 cm³/mol. The maximum Gasteiger partial charge on any atom is 0.0572 e. The molecule has 0 aromatic heterocycles. The zero-order valence-corrected chi connectivity index (χ0v) is 8.95. The SMILES string of the molecule is C[C@@H]1CC2(C[C@H]1O)C1CC[C@H](C1)[C@H]2N. The number of rotatable bonds is 0. The first kappa shape index (κ1) is 9.17. The van der Waals surface area contributed by atoms with Gasteiger partial charge in [-0.05, 0) is 55.3 Å². The van der Waals surface area contributed by atoms with E-state index in [9.17, 15) is 5.11 Å². The maximum absolute atomic E-state index is 9.91. The third-order valence-corrected chi connectivity index (χ3v) is 5.41. The van der Waals surface area contributed by atoms with E-state index >= 15 is 0 Å². The molecule has 3 rings (SSSR count). The molecule has 1 spiro atoms. The molecular weight excluding hydrogens is 174 g/mol. The second-order valence-electron chi connectivity index (χ2n) is 5.98. The molecule has 0 amide bonds. The number of aliphatic hydroxyl groups is 1. The summed E-state index contributed by atoms with van der Waals surface area (Å²) in [6.07, 6.45) is 6.14. The van der Waals surface area contributed by atoms with E-state index in [0.29, 0.717) is 17.4 Å². The molecule has 3 fully saturated rings. The summed E-state index contributed by atoms with van der Waals surface area (Å²) in [6.45, 7) is 2.18. The summed E-state index contributed by atoms with van der Waals surface area (Å²) in [5.74, 6) is 2.08. The minimum Gasteiger partial charge on any atom is -0.393 e. The Morgan fingerprint density at radius 1 is 1.29 bits per heavy atom. The van der Waals surface area contributed by atoms with Crippen LogP contribution in [0.2, 0.25) is 0 Å². The first-order valence-electron chi connectivity index (χ1n) is 6.07. The summed E-state index contributed by atoms with van der Waals surface area (Å²) >= 11 is 0. The summed E-state index contributed by atoms with van der Waals surface area (Å²) in [6, 6.07) is 0.390. The van der Waals surface area contributed by atoms with Crippen LogP contribution in [0.1, 0.15) is 39.0 Å². The van der Waals surface area contributed by atoms with Crippen LogP contribution in [-0.4, -0.2) is 17.3 Å². The molecule has 3 aliphatic rings. The van der Waals surface area contributed by atoms with Gasteiger partial charge in [-0.15, -0.1) is 0 Å². The third kappa shape index (κ3) is 0.938. The molecule has 0 aromatic carbocycles. The molecule has 14 heavy (non-hydrogen) atoms. The second-order valence-corrected chi connectivity index (χ2v) is 5.98. The molecule has 0 saturated heterocycles. The van der Waals surface area contributed by atoms with E-state index in [0.717, 1.165) is 18.3 Å². The first-order chi connectivity index (χ1) is 6.63. The van der Waals surface area contributed by atoms with Crippen LogP contribution in [0.25, 0.3) is 0 Å². The highest BCUT2D eigenvalue weighted by atomic mass is 16.3. The van der Waals surface area contributed by atoms with Crippen molar-refractivity contribution in [2.24, 2.45) is 28.9 Å². The average molecular weight is 195 g/mol. The van der Waals surface area contributed by atoms with Crippen LogP contribution >= 0.6 is 0 Å². The van der Waals surface area contributed by atoms with Gasteiger partial charge in [0, 0.05) is 6.04 Å². The van der Waals surface area contributed by atoms with Gasteiger partial charge in [-0.3, -0.25) is 0 Å². The van der Waals surface area contributed by atoms with Crippen LogP contribution < -0.4 is 5.73 Å². The molecule has 6 atom stereocenters. The zero-order chi connectivity index (χ0) is 9.92. The monoisotopic (exact) mass is 195 g/mol. The highest BCUT2D eigenvalue weighted by Crippen LogP contribution is 2.62. The van der Waals surface area contributed by atoms with Crippen molar-refractivity contribution in [3.8, 4) is 0 Å². The van der Waals surface area contributed by atoms with Crippen LogP contribution in [0, 0.1) is 23.2 Å². The quantitative estimate of drug-likeness (QED) is 0.615. The van der Waals surface area contributed by atoms with Gasteiger partial charge in [-0.25, -0.2) is 0 Å². The van der Waals surface area contributed by atoms with E-state index in [2.05, 4.69) is 6.92 Å². The standard InChI is InChI=1S/C12H21NO/c1-7-5-12(6-10(7)14)9-3-2-8(4-9)11(12)13/h7-11,14H,2-6,13H2,1H3/t7-,8-,9?,10-,11-,12?/m1/s1. The van der Waals surface area contributed by atoms with Crippen molar-refractivity contribution in [3.05, 3.63) is 0 Å². The van der Waals surface area contributed by atoms with E-state index in [4.69, 9.17) is 5.73 Å². The number of fused-ring (bicyclic) bond motifs is 3. The molecule has 2 unspecified atom stereocenters. The molecule has 2 heteroatoms. The second kappa shape index (κ2) is 2.73. The lowest BCUT2D eigenvalue weighted by molar-refractivity contribution is 0.0999. The highest BCUT2D eigenvalue weighted by Gasteiger charge is 2.60. The fraction of sp³-hybridized carbons (Fsp3) is 1.00. The molecule has 0 aliphatic heterocycles. The Kier molecular flexibility index (Phi) is 1.79. The van der Waals surface area contributed by atoms with Crippen molar-refractivity contribution in [3.63, 3.8) is 0 Å². The molecule has 2 bridgehead atoms. The Bertz CT molecular complexity index is 239. The van der Waals surface area contributed by atoms with E-state index in [1.165, 1.54) is 25.7 Å². The van der Waals surface area contributed by atoms with E-state index in [-0.39, 0.29) is 6.10 Å². The van der Waals surface area contributed by atoms with Gasteiger partial charge in [0.1, 0.15) is 0 Å². The molecule has 0 aromatic rings. The van der Waals surface area contributed by atoms with Gasteiger partial charge in [-0.2, -0.15) is 0 Å². The Labute approximate surface area is 85.9 Å². The Morgan fingerprint density at radius 3 is 2.57 bits per heavy atom. The smallest absolute Gasteiger partial charge is 0.0572 e. The molecule has 3 aliphatic carbocycles. The van der Waals surface area contributed by atoms with Crippen LogP contribution in [-0.2, 0) is 0 Å². The lowest BCUT2D eigenvalue weighted by Crippen LogP contribution is -2.45.